The first-order valence-electron chi connectivity index (χ1n) is 14.4. The number of nitrogens with one attached hydrogen (secondary N) is 1. The average Bonchev–Trinajstić information content (AvgIpc) is 2.97. The number of rotatable bonds is 6. The first-order valence-corrected chi connectivity index (χ1v) is 14.4. The highest BCUT2D eigenvalue weighted by atomic mass is 19.4. The third kappa shape index (κ3) is 6.26. The lowest BCUT2D eigenvalue weighted by atomic mass is 9.94. The molecule has 1 heterocycles. The maximum Gasteiger partial charge on any atom is 0.416 e. The molecule has 5 rings (SSSR count). The molecule has 2 aliphatic rings. The highest BCUT2D eigenvalue weighted by Crippen LogP contribution is 2.34. The summed E-state index contributed by atoms with van der Waals surface area (Å²) in [4.78, 5) is 32.4. The number of amidine groups is 1. The molecule has 1 aromatic heterocycles. The van der Waals surface area contributed by atoms with E-state index < -0.39 is 35.4 Å². The summed E-state index contributed by atoms with van der Waals surface area (Å²) in [6.45, 7) is -0.393. The van der Waals surface area contributed by atoms with E-state index in [2.05, 4.69) is 10.3 Å². The fraction of sp³-hybridized carbons (Fsp3) is 0.452. The number of nitrogens with zero attached hydrogens (tertiary/aromatic N) is 3. The number of aromatic nitrogens is 2. The molecule has 2 aromatic carbocycles. The monoisotopic (exact) mass is 568 g/mol. The molecule has 3 aromatic rings. The van der Waals surface area contributed by atoms with E-state index in [1.165, 1.54) is 27.3 Å². The Morgan fingerprint density at radius 3 is 2.00 bits per heavy atom. The number of hydrogen-bond acceptors (Lipinski definition) is 4. The topological polar surface area (TPSA) is 88.6 Å². The van der Waals surface area contributed by atoms with Gasteiger partial charge in [0.25, 0.3) is 5.56 Å². The number of para-hydroxylation sites is 1. The van der Waals surface area contributed by atoms with Gasteiger partial charge in [0.1, 0.15) is 11.4 Å². The Morgan fingerprint density at radius 1 is 0.829 bits per heavy atom. The van der Waals surface area contributed by atoms with Gasteiger partial charge in [-0.05, 0) is 49.4 Å². The normalized spacial score (nSPS) is 17.5. The molecule has 0 saturated heterocycles. The molecule has 2 N–H and O–H groups in total. The summed E-state index contributed by atoms with van der Waals surface area (Å²) in [5, 5.41) is 14.7. The van der Waals surface area contributed by atoms with Gasteiger partial charge in [-0.15, -0.1) is 0 Å². The Kier molecular flexibility index (Phi) is 8.65. The number of alkyl halides is 3. The van der Waals surface area contributed by atoms with Crippen molar-refractivity contribution in [3.05, 3.63) is 92.1 Å². The summed E-state index contributed by atoms with van der Waals surface area (Å²) in [5.74, 6) is -0.574. The van der Waals surface area contributed by atoms with Crippen LogP contribution in [0.1, 0.15) is 93.0 Å². The summed E-state index contributed by atoms with van der Waals surface area (Å²) >= 11 is 0. The first-order chi connectivity index (χ1) is 19.8. The highest BCUT2D eigenvalue weighted by molar-refractivity contribution is 6.09. The second-order valence-corrected chi connectivity index (χ2v) is 10.9. The lowest BCUT2D eigenvalue weighted by Crippen LogP contribution is -2.47. The SMILES string of the molecule is O=c1c(C(=NCc2ccccc2C(F)(F)F)Nc2ccccc2)c(O)n(C2CCCCC2)c(=O)n1C1CCCCC1. The molecule has 2 fully saturated rings. The van der Waals surface area contributed by atoms with E-state index in [4.69, 9.17) is 0 Å². The predicted octanol–water partition coefficient (Wildman–Crippen LogP) is 6.80. The van der Waals surface area contributed by atoms with Crippen molar-refractivity contribution in [3.63, 3.8) is 0 Å². The van der Waals surface area contributed by atoms with Gasteiger partial charge >= 0.3 is 11.9 Å². The molecule has 0 spiro atoms. The number of halogens is 3. The molecule has 0 amide bonds. The van der Waals surface area contributed by atoms with Crippen molar-refractivity contribution in [3.8, 4) is 5.88 Å². The van der Waals surface area contributed by atoms with Gasteiger partial charge in [0.2, 0.25) is 5.88 Å². The van der Waals surface area contributed by atoms with Crippen LogP contribution in [-0.4, -0.2) is 20.1 Å². The van der Waals surface area contributed by atoms with Crippen molar-refractivity contribution in [2.24, 2.45) is 4.99 Å². The maximum absolute atomic E-state index is 14.1. The maximum atomic E-state index is 14.1. The second kappa shape index (κ2) is 12.4. The van der Waals surface area contributed by atoms with Crippen molar-refractivity contribution in [1.82, 2.24) is 9.13 Å². The van der Waals surface area contributed by atoms with Crippen LogP contribution in [0.5, 0.6) is 5.88 Å². The standard InChI is InChI=1S/C31H35F3N4O3/c32-31(33,34)25-19-11-10-12-21(25)20-35-27(36-22-13-4-1-5-14-22)26-28(39)37(23-15-6-2-7-16-23)30(41)38(29(26)40)24-17-8-3-9-18-24/h1,4-5,10-14,19,23-24,39H,2-3,6-9,15-18,20H2,(H,35,36). The summed E-state index contributed by atoms with van der Waals surface area (Å²) in [6, 6.07) is 13.3. The van der Waals surface area contributed by atoms with Crippen LogP contribution in [0.15, 0.2) is 69.2 Å². The third-order valence-electron chi connectivity index (χ3n) is 8.18. The summed E-state index contributed by atoms with van der Waals surface area (Å²) in [6.07, 6.45) is 3.74. The van der Waals surface area contributed by atoms with Gasteiger partial charge in [0.05, 0.1) is 12.1 Å². The van der Waals surface area contributed by atoms with Crippen LogP contribution < -0.4 is 16.6 Å². The molecule has 218 valence electrons. The van der Waals surface area contributed by atoms with Crippen molar-refractivity contribution >= 4 is 11.5 Å². The zero-order valence-electron chi connectivity index (χ0n) is 22.9. The van der Waals surface area contributed by atoms with Gasteiger partial charge in [-0.1, -0.05) is 74.9 Å². The summed E-state index contributed by atoms with van der Waals surface area (Å²) in [7, 11) is 0. The molecule has 0 aliphatic heterocycles. The van der Waals surface area contributed by atoms with Crippen LogP contribution in [0.25, 0.3) is 0 Å². The zero-order chi connectivity index (χ0) is 29.0. The van der Waals surface area contributed by atoms with Crippen molar-refractivity contribution < 1.29 is 18.3 Å². The summed E-state index contributed by atoms with van der Waals surface area (Å²) < 4.78 is 43.8. The van der Waals surface area contributed by atoms with Gasteiger partial charge < -0.3 is 10.4 Å². The number of anilines is 1. The molecular weight excluding hydrogens is 533 g/mol. The summed E-state index contributed by atoms with van der Waals surface area (Å²) in [5.41, 5.74) is -1.77. The van der Waals surface area contributed by atoms with Crippen molar-refractivity contribution in [1.29, 1.82) is 0 Å². The molecule has 2 saturated carbocycles. The van der Waals surface area contributed by atoms with E-state index in [-0.39, 0.29) is 29.0 Å². The van der Waals surface area contributed by atoms with Crippen LogP contribution >= 0.6 is 0 Å². The Bertz CT molecular complexity index is 1500. The largest absolute Gasteiger partial charge is 0.494 e. The van der Waals surface area contributed by atoms with Crippen LogP contribution in [0, 0.1) is 0 Å². The Morgan fingerprint density at radius 2 is 1.39 bits per heavy atom. The lowest BCUT2D eigenvalue weighted by Gasteiger charge is -2.29. The molecule has 0 unspecified atom stereocenters. The minimum atomic E-state index is -4.58. The molecule has 41 heavy (non-hydrogen) atoms. The fourth-order valence-corrected chi connectivity index (χ4v) is 6.11. The van der Waals surface area contributed by atoms with E-state index in [0.717, 1.165) is 44.6 Å². The van der Waals surface area contributed by atoms with Gasteiger partial charge in [-0.3, -0.25) is 18.9 Å². The van der Waals surface area contributed by atoms with Gasteiger partial charge in [0, 0.05) is 17.8 Å². The molecular formula is C31H35F3N4O3. The predicted molar refractivity (Wildman–Crippen MR) is 153 cm³/mol. The number of benzene rings is 2. The van der Waals surface area contributed by atoms with Crippen LogP contribution in [0.2, 0.25) is 0 Å². The Labute approximate surface area is 236 Å². The molecule has 0 atom stereocenters. The van der Waals surface area contributed by atoms with Gasteiger partial charge in [-0.25, -0.2) is 4.79 Å². The van der Waals surface area contributed by atoms with E-state index >= 15 is 0 Å². The van der Waals surface area contributed by atoms with E-state index in [1.807, 2.05) is 0 Å². The molecule has 10 heteroatoms. The highest BCUT2D eigenvalue weighted by Gasteiger charge is 2.34. The second-order valence-electron chi connectivity index (χ2n) is 10.9. The first kappa shape index (κ1) is 28.7. The lowest BCUT2D eigenvalue weighted by molar-refractivity contribution is -0.138. The van der Waals surface area contributed by atoms with E-state index in [9.17, 15) is 27.9 Å². The molecule has 2 aliphatic carbocycles. The smallest absolute Gasteiger partial charge is 0.416 e. The van der Waals surface area contributed by atoms with Gasteiger partial charge in [-0.2, -0.15) is 13.2 Å². The van der Waals surface area contributed by atoms with Crippen molar-refractivity contribution in [2.45, 2.75) is 89.0 Å². The third-order valence-corrected chi connectivity index (χ3v) is 8.18. The Balaban J connectivity index is 1.70. The fourth-order valence-electron chi connectivity index (χ4n) is 6.11. The molecule has 0 bridgehead atoms. The Hall–Kier alpha value is -3.82. The van der Waals surface area contributed by atoms with Gasteiger partial charge in [0.15, 0.2) is 0 Å². The minimum Gasteiger partial charge on any atom is -0.494 e. The van der Waals surface area contributed by atoms with Crippen LogP contribution in [0.4, 0.5) is 18.9 Å². The molecule has 0 radical (unpaired) electrons. The number of hydrogen-bond donors (Lipinski definition) is 2. The average molecular weight is 569 g/mol. The number of aromatic hydroxyl groups is 1. The van der Waals surface area contributed by atoms with E-state index in [1.54, 1.807) is 30.3 Å². The number of aliphatic imine (C=N–C) groups is 1. The van der Waals surface area contributed by atoms with Crippen LogP contribution in [0.3, 0.4) is 0 Å². The quantitative estimate of drug-likeness (QED) is 0.253. The minimum absolute atomic E-state index is 0.0694. The molecule has 7 nitrogen and oxygen atoms in total. The van der Waals surface area contributed by atoms with Crippen LogP contribution in [-0.2, 0) is 12.7 Å². The van der Waals surface area contributed by atoms with Crippen molar-refractivity contribution in [2.75, 3.05) is 5.32 Å². The zero-order valence-corrected chi connectivity index (χ0v) is 22.9. The van der Waals surface area contributed by atoms with E-state index in [0.29, 0.717) is 31.4 Å².